The molecule has 1 aromatic carbocycles. The van der Waals surface area contributed by atoms with Crippen LogP contribution in [0.1, 0.15) is 44.1 Å². The van der Waals surface area contributed by atoms with Crippen LogP contribution in [0.15, 0.2) is 24.5 Å². The van der Waals surface area contributed by atoms with Gasteiger partial charge in [0, 0.05) is 16.8 Å². The van der Waals surface area contributed by atoms with Gasteiger partial charge in [0.25, 0.3) is 0 Å². The van der Waals surface area contributed by atoms with Crippen molar-refractivity contribution in [2.24, 2.45) is 0 Å². The summed E-state index contributed by atoms with van der Waals surface area (Å²) in [6.45, 7) is 2.01. The molecule has 1 saturated carbocycles. The highest BCUT2D eigenvalue weighted by Crippen LogP contribution is 2.30. The Balaban J connectivity index is 1.78. The molecule has 1 aromatic heterocycles. The maximum Gasteiger partial charge on any atom is 0.159 e. The maximum atomic E-state index is 6.29. The standard InChI is InChI=1S/C18H24ClN5/c1-12-8-9-13(19)10-15(12)24-18-16(20)17(21-11-22-18)23-14-6-4-2-3-5-7-14/h8-11,14H,2-7,20H2,1H3,(H2,21,22,23,24). The smallest absolute Gasteiger partial charge is 0.159 e. The fraction of sp³-hybridized carbons (Fsp3) is 0.444. The number of hydrogen-bond donors (Lipinski definition) is 3. The van der Waals surface area contributed by atoms with Gasteiger partial charge in [-0.05, 0) is 37.5 Å². The van der Waals surface area contributed by atoms with Gasteiger partial charge in [0.1, 0.15) is 12.0 Å². The lowest BCUT2D eigenvalue weighted by Crippen LogP contribution is -2.20. The highest BCUT2D eigenvalue weighted by molar-refractivity contribution is 6.30. The molecule has 128 valence electrons. The van der Waals surface area contributed by atoms with E-state index in [4.69, 9.17) is 17.3 Å². The Morgan fingerprint density at radius 1 is 1.08 bits per heavy atom. The third-order valence-electron chi connectivity index (χ3n) is 4.53. The van der Waals surface area contributed by atoms with E-state index in [9.17, 15) is 0 Å². The summed E-state index contributed by atoms with van der Waals surface area (Å²) in [5.41, 5.74) is 8.81. The number of anilines is 4. The summed E-state index contributed by atoms with van der Waals surface area (Å²) in [5.74, 6) is 1.31. The third kappa shape index (κ3) is 4.09. The van der Waals surface area contributed by atoms with Crippen molar-refractivity contribution >= 4 is 34.6 Å². The zero-order chi connectivity index (χ0) is 16.9. The molecule has 1 aliphatic rings. The van der Waals surface area contributed by atoms with Gasteiger partial charge in [-0.25, -0.2) is 9.97 Å². The Hall–Kier alpha value is -2.01. The van der Waals surface area contributed by atoms with Crippen molar-refractivity contribution in [1.29, 1.82) is 0 Å². The molecule has 0 atom stereocenters. The van der Waals surface area contributed by atoms with Gasteiger partial charge < -0.3 is 16.4 Å². The van der Waals surface area contributed by atoms with Crippen LogP contribution in [0.5, 0.6) is 0 Å². The molecular weight excluding hydrogens is 322 g/mol. The van der Waals surface area contributed by atoms with Gasteiger partial charge in [0.05, 0.1) is 0 Å². The van der Waals surface area contributed by atoms with Gasteiger partial charge in [-0.1, -0.05) is 43.4 Å². The number of rotatable bonds is 4. The topological polar surface area (TPSA) is 75.9 Å². The molecule has 6 heteroatoms. The van der Waals surface area contributed by atoms with Crippen LogP contribution in [0.2, 0.25) is 5.02 Å². The molecule has 0 radical (unpaired) electrons. The lowest BCUT2D eigenvalue weighted by molar-refractivity contribution is 0.618. The zero-order valence-electron chi connectivity index (χ0n) is 14.0. The minimum Gasteiger partial charge on any atom is -0.393 e. The Bertz CT molecular complexity index is 696. The van der Waals surface area contributed by atoms with E-state index in [1.807, 2.05) is 25.1 Å². The normalized spacial score (nSPS) is 15.8. The Labute approximate surface area is 148 Å². The summed E-state index contributed by atoms with van der Waals surface area (Å²) in [7, 11) is 0. The lowest BCUT2D eigenvalue weighted by atomic mass is 10.1. The van der Waals surface area contributed by atoms with Crippen molar-refractivity contribution in [1.82, 2.24) is 9.97 Å². The van der Waals surface area contributed by atoms with Crippen LogP contribution in [0, 0.1) is 6.92 Å². The highest BCUT2D eigenvalue weighted by Gasteiger charge is 2.16. The highest BCUT2D eigenvalue weighted by atomic mass is 35.5. The number of halogens is 1. The number of hydrogen-bond acceptors (Lipinski definition) is 5. The second-order valence-electron chi connectivity index (χ2n) is 6.40. The van der Waals surface area contributed by atoms with Crippen molar-refractivity contribution < 1.29 is 0 Å². The summed E-state index contributed by atoms with van der Waals surface area (Å²) in [5, 5.41) is 7.44. The summed E-state index contributed by atoms with van der Waals surface area (Å²) < 4.78 is 0. The molecule has 0 saturated heterocycles. The molecule has 0 aliphatic heterocycles. The first kappa shape index (κ1) is 16.8. The third-order valence-corrected chi connectivity index (χ3v) is 4.77. The first-order valence-corrected chi connectivity index (χ1v) is 8.91. The van der Waals surface area contributed by atoms with E-state index in [0.717, 1.165) is 11.3 Å². The predicted octanol–water partition coefficient (Wildman–Crippen LogP) is 4.90. The molecule has 0 spiro atoms. The van der Waals surface area contributed by atoms with E-state index in [0.29, 0.717) is 28.4 Å². The van der Waals surface area contributed by atoms with Gasteiger partial charge in [-0.15, -0.1) is 0 Å². The van der Waals surface area contributed by atoms with E-state index in [1.165, 1.54) is 44.9 Å². The molecule has 0 bridgehead atoms. The fourth-order valence-electron chi connectivity index (χ4n) is 3.08. The number of aromatic nitrogens is 2. The molecule has 4 N–H and O–H groups in total. The predicted molar refractivity (Wildman–Crippen MR) is 101 cm³/mol. The molecule has 1 aliphatic carbocycles. The first-order valence-electron chi connectivity index (χ1n) is 8.53. The van der Waals surface area contributed by atoms with Crippen molar-refractivity contribution in [2.45, 2.75) is 51.5 Å². The van der Waals surface area contributed by atoms with E-state index in [2.05, 4.69) is 20.6 Å². The molecular formula is C18H24ClN5. The summed E-state index contributed by atoms with van der Waals surface area (Å²) in [6.07, 6.45) is 9.03. The van der Waals surface area contributed by atoms with Gasteiger partial charge >= 0.3 is 0 Å². The summed E-state index contributed by atoms with van der Waals surface area (Å²) in [6, 6.07) is 6.14. The SMILES string of the molecule is Cc1ccc(Cl)cc1Nc1ncnc(NC2CCCCCC2)c1N. The molecule has 5 nitrogen and oxygen atoms in total. The Morgan fingerprint density at radius 2 is 1.79 bits per heavy atom. The minimum absolute atomic E-state index is 0.436. The molecule has 0 amide bonds. The number of nitrogen functional groups attached to an aromatic ring is 1. The average Bonchev–Trinajstić information content (AvgIpc) is 2.83. The van der Waals surface area contributed by atoms with Crippen LogP contribution in [0.4, 0.5) is 23.0 Å². The van der Waals surface area contributed by atoms with Crippen LogP contribution < -0.4 is 16.4 Å². The van der Waals surface area contributed by atoms with E-state index in [1.54, 1.807) is 0 Å². The molecule has 24 heavy (non-hydrogen) atoms. The van der Waals surface area contributed by atoms with Crippen LogP contribution >= 0.6 is 11.6 Å². The molecule has 2 aromatic rings. The van der Waals surface area contributed by atoms with Crippen LogP contribution in [-0.4, -0.2) is 16.0 Å². The quantitative estimate of drug-likeness (QED) is 0.687. The van der Waals surface area contributed by atoms with Crippen molar-refractivity contribution in [3.8, 4) is 0 Å². The van der Waals surface area contributed by atoms with E-state index >= 15 is 0 Å². The first-order chi connectivity index (χ1) is 11.6. The molecule has 1 heterocycles. The van der Waals surface area contributed by atoms with Crippen molar-refractivity contribution in [3.63, 3.8) is 0 Å². The summed E-state index contributed by atoms with van der Waals surface area (Å²) >= 11 is 6.08. The molecule has 0 unspecified atom stereocenters. The number of nitrogens with zero attached hydrogens (tertiary/aromatic N) is 2. The second-order valence-corrected chi connectivity index (χ2v) is 6.84. The number of nitrogens with one attached hydrogen (secondary N) is 2. The fourth-order valence-corrected chi connectivity index (χ4v) is 3.26. The van der Waals surface area contributed by atoms with Crippen LogP contribution in [0.3, 0.4) is 0 Å². The van der Waals surface area contributed by atoms with Gasteiger partial charge in [-0.3, -0.25) is 0 Å². The zero-order valence-corrected chi connectivity index (χ0v) is 14.7. The summed E-state index contributed by atoms with van der Waals surface area (Å²) in [4.78, 5) is 8.62. The number of nitrogens with two attached hydrogens (primary N) is 1. The van der Waals surface area contributed by atoms with Crippen LogP contribution in [-0.2, 0) is 0 Å². The van der Waals surface area contributed by atoms with E-state index < -0.39 is 0 Å². The van der Waals surface area contributed by atoms with Gasteiger partial charge in [0.15, 0.2) is 11.6 Å². The maximum absolute atomic E-state index is 6.29. The largest absolute Gasteiger partial charge is 0.393 e. The second kappa shape index (κ2) is 7.71. The lowest BCUT2D eigenvalue weighted by Gasteiger charge is -2.19. The van der Waals surface area contributed by atoms with Crippen molar-refractivity contribution in [3.05, 3.63) is 35.1 Å². The number of aryl methyl sites for hydroxylation is 1. The van der Waals surface area contributed by atoms with E-state index in [-0.39, 0.29) is 0 Å². The Kier molecular flexibility index (Phi) is 5.41. The Morgan fingerprint density at radius 3 is 2.54 bits per heavy atom. The van der Waals surface area contributed by atoms with Crippen molar-refractivity contribution in [2.75, 3.05) is 16.4 Å². The average molecular weight is 346 g/mol. The number of benzene rings is 1. The molecule has 3 rings (SSSR count). The van der Waals surface area contributed by atoms with Crippen LogP contribution in [0.25, 0.3) is 0 Å². The minimum atomic E-state index is 0.436. The van der Waals surface area contributed by atoms with Gasteiger partial charge in [-0.2, -0.15) is 0 Å². The van der Waals surface area contributed by atoms with Gasteiger partial charge in [0.2, 0.25) is 0 Å². The molecule has 1 fully saturated rings. The monoisotopic (exact) mass is 345 g/mol.